The van der Waals surface area contributed by atoms with Crippen molar-refractivity contribution in [2.75, 3.05) is 31.3 Å². The van der Waals surface area contributed by atoms with Gasteiger partial charge in [0.25, 0.3) is 5.78 Å². The molecule has 1 saturated heterocycles. The lowest BCUT2D eigenvalue weighted by molar-refractivity contribution is -0.132. The van der Waals surface area contributed by atoms with E-state index in [1.807, 2.05) is 13.8 Å². The predicted octanol–water partition coefficient (Wildman–Crippen LogP) is 5.62. The number of aliphatic hydroxyl groups excluding tert-OH is 1. The fraction of sp³-hybridized carbons (Fsp3) is 0.290. The van der Waals surface area contributed by atoms with Gasteiger partial charge in [-0.2, -0.15) is 0 Å². The molecule has 1 amide bonds. The number of carbonyl (C=O) groups excluding carboxylic acids is 3. The summed E-state index contributed by atoms with van der Waals surface area (Å²) in [5.74, 6) is -1.34. The Morgan fingerprint density at radius 3 is 2.38 bits per heavy atom. The van der Waals surface area contributed by atoms with Gasteiger partial charge in [-0.05, 0) is 69.7 Å². The number of anilines is 1. The maximum Gasteiger partial charge on any atom is 0.350 e. The van der Waals surface area contributed by atoms with Crippen LogP contribution in [-0.2, 0) is 14.3 Å². The van der Waals surface area contributed by atoms with Gasteiger partial charge >= 0.3 is 11.9 Å². The molecule has 2 heterocycles. The fourth-order valence-electron chi connectivity index (χ4n) is 4.48. The molecule has 3 aromatic rings. The van der Waals surface area contributed by atoms with E-state index in [0.717, 1.165) is 11.3 Å². The summed E-state index contributed by atoms with van der Waals surface area (Å²) in [6.07, 6.45) is 1.60. The number of thiazole rings is 1. The van der Waals surface area contributed by atoms with E-state index in [1.54, 1.807) is 62.4 Å². The quantitative estimate of drug-likeness (QED) is 0.0938. The molecule has 2 aromatic carbocycles. The van der Waals surface area contributed by atoms with E-state index in [1.165, 1.54) is 4.90 Å². The molecule has 0 saturated carbocycles. The molecule has 0 bridgehead atoms. The van der Waals surface area contributed by atoms with Gasteiger partial charge in [-0.15, -0.1) is 0 Å². The highest BCUT2D eigenvalue weighted by Crippen LogP contribution is 2.45. The minimum atomic E-state index is -1.09. The topological polar surface area (TPSA) is 124 Å². The van der Waals surface area contributed by atoms with Gasteiger partial charge in [0.2, 0.25) is 0 Å². The molecule has 1 N–H and O–H groups in total. The summed E-state index contributed by atoms with van der Waals surface area (Å²) >= 11 is 0.934. The molecule has 0 aliphatic carbocycles. The van der Waals surface area contributed by atoms with Crippen LogP contribution in [0.25, 0.3) is 5.76 Å². The lowest BCUT2D eigenvalue weighted by Gasteiger charge is -2.24. The summed E-state index contributed by atoms with van der Waals surface area (Å²) in [4.78, 5) is 45.6. The van der Waals surface area contributed by atoms with Gasteiger partial charge in [-0.1, -0.05) is 30.1 Å². The number of amides is 1. The van der Waals surface area contributed by atoms with Gasteiger partial charge in [0, 0.05) is 5.56 Å². The van der Waals surface area contributed by atoms with Crippen molar-refractivity contribution < 1.29 is 38.4 Å². The summed E-state index contributed by atoms with van der Waals surface area (Å²) in [7, 11) is 0. The van der Waals surface area contributed by atoms with Crippen LogP contribution in [0.5, 0.6) is 17.2 Å². The van der Waals surface area contributed by atoms with Crippen molar-refractivity contribution in [1.29, 1.82) is 0 Å². The summed E-state index contributed by atoms with van der Waals surface area (Å²) < 4.78 is 22.2. The van der Waals surface area contributed by atoms with Crippen molar-refractivity contribution in [2.24, 2.45) is 0 Å². The van der Waals surface area contributed by atoms with Gasteiger partial charge in [-0.25, -0.2) is 9.78 Å². The van der Waals surface area contributed by atoms with Gasteiger partial charge < -0.3 is 24.1 Å². The second kappa shape index (κ2) is 13.3. The first-order valence-corrected chi connectivity index (χ1v) is 14.3. The lowest BCUT2D eigenvalue weighted by Crippen LogP contribution is -2.29. The summed E-state index contributed by atoms with van der Waals surface area (Å²) in [5.41, 5.74) is 0.988. The standard InChI is InChI=1S/C31H32N2O8S/c1-6-16-41-22-15-12-20(17-23(22)39-8-3)25-24(26(34)19-10-13-21(14-11-19)38-7-2)27(35)29(36)33(25)31-32-18(5)28(42-31)30(37)40-9-4/h6,10-15,17,25,34H,1,7-9,16H2,2-5H3. The summed E-state index contributed by atoms with van der Waals surface area (Å²) in [5, 5.41) is 11.6. The maximum atomic E-state index is 13.6. The number of hydrogen-bond donors (Lipinski definition) is 1. The summed E-state index contributed by atoms with van der Waals surface area (Å²) in [6, 6.07) is 10.5. The lowest BCUT2D eigenvalue weighted by atomic mass is 9.95. The Labute approximate surface area is 247 Å². The van der Waals surface area contributed by atoms with E-state index in [9.17, 15) is 19.5 Å². The van der Waals surface area contributed by atoms with Gasteiger partial charge in [0.05, 0.1) is 37.1 Å². The number of Topliss-reactive ketones (excluding diaryl/α,β-unsaturated/α-hetero) is 1. The molecule has 42 heavy (non-hydrogen) atoms. The maximum absolute atomic E-state index is 13.6. The number of esters is 1. The van der Waals surface area contributed by atoms with Crippen molar-refractivity contribution in [3.8, 4) is 17.2 Å². The fourth-order valence-corrected chi connectivity index (χ4v) is 5.47. The highest BCUT2D eigenvalue weighted by atomic mass is 32.1. The largest absolute Gasteiger partial charge is 0.507 e. The van der Waals surface area contributed by atoms with Crippen LogP contribution >= 0.6 is 11.3 Å². The highest BCUT2D eigenvalue weighted by Gasteiger charge is 2.48. The van der Waals surface area contributed by atoms with E-state index in [0.29, 0.717) is 47.3 Å². The van der Waals surface area contributed by atoms with Crippen molar-refractivity contribution in [3.63, 3.8) is 0 Å². The third-order valence-corrected chi connectivity index (χ3v) is 7.41. The molecule has 220 valence electrons. The zero-order valence-electron chi connectivity index (χ0n) is 23.8. The van der Waals surface area contributed by atoms with E-state index in [2.05, 4.69) is 11.6 Å². The Kier molecular flexibility index (Phi) is 9.64. The average molecular weight is 593 g/mol. The number of nitrogens with zero attached hydrogens (tertiary/aromatic N) is 2. The van der Waals surface area contributed by atoms with Crippen molar-refractivity contribution in [1.82, 2.24) is 4.98 Å². The molecular weight excluding hydrogens is 560 g/mol. The van der Waals surface area contributed by atoms with Crippen LogP contribution in [0.2, 0.25) is 0 Å². The SMILES string of the molecule is C=CCOc1ccc(C2C(=C(O)c3ccc(OCC)cc3)C(=O)C(=O)N2c2nc(C)c(C(=O)OCC)s2)cc1OCC. The molecule has 11 heteroatoms. The first-order valence-electron chi connectivity index (χ1n) is 13.4. The zero-order valence-corrected chi connectivity index (χ0v) is 24.7. The monoisotopic (exact) mass is 592 g/mol. The second-order valence-electron chi connectivity index (χ2n) is 9.00. The third kappa shape index (κ3) is 6.01. The molecule has 1 atom stereocenters. The number of benzene rings is 2. The first kappa shape index (κ1) is 30.3. The molecule has 1 aliphatic heterocycles. The number of hydrogen-bond acceptors (Lipinski definition) is 10. The number of aliphatic hydroxyl groups is 1. The van der Waals surface area contributed by atoms with E-state index < -0.39 is 23.7 Å². The number of carbonyl (C=O) groups is 3. The summed E-state index contributed by atoms with van der Waals surface area (Å²) in [6.45, 7) is 11.9. The van der Waals surface area contributed by atoms with Crippen LogP contribution in [0.1, 0.15) is 53.3 Å². The second-order valence-corrected chi connectivity index (χ2v) is 9.97. The normalized spacial score (nSPS) is 15.9. The van der Waals surface area contributed by atoms with Crippen LogP contribution in [0.4, 0.5) is 5.13 Å². The molecule has 0 spiro atoms. The predicted molar refractivity (Wildman–Crippen MR) is 159 cm³/mol. The zero-order chi connectivity index (χ0) is 30.4. The van der Waals surface area contributed by atoms with Crippen molar-refractivity contribution in [2.45, 2.75) is 33.7 Å². The minimum absolute atomic E-state index is 0.110. The molecule has 4 rings (SSSR count). The van der Waals surface area contributed by atoms with E-state index in [4.69, 9.17) is 18.9 Å². The highest BCUT2D eigenvalue weighted by molar-refractivity contribution is 7.17. The molecular formula is C31H32N2O8S. The molecule has 0 radical (unpaired) electrons. The van der Waals surface area contributed by atoms with E-state index in [-0.39, 0.29) is 34.6 Å². The first-order chi connectivity index (χ1) is 20.2. The Morgan fingerprint density at radius 2 is 1.74 bits per heavy atom. The molecule has 1 aromatic heterocycles. The number of rotatable bonds is 12. The Hall–Kier alpha value is -4.64. The van der Waals surface area contributed by atoms with Crippen molar-refractivity contribution in [3.05, 3.63) is 82.4 Å². The average Bonchev–Trinajstić information content (AvgIpc) is 3.49. The van der Waals surface area contributed by atoms with Crippen LogP contribution in [0, 0.1) is 6.92 Å². The third-order valence-electron chi connectivity index (χ3n) is 6.28. The van der Waals surface area contributed by atoms with E-state index >= 15 is 0 Å². The molecule has 1 fully saturated rings. The minimum Gasteiger partial charge on any atom is -0.507 e. The molecule has 10 nitrogen and oxygen atoms in total. The Morgan fingerprint density at radius 1 is 1.02 bits per heavy atom. The van der Waals surface area contributed by atoms with Gasteiger partial charge in [0.15, 0.2) is 16.6 Å². The van der Waals surface area contributed by atoms with Gasteiger partial charge in [0.1, 0.15) is 23.0 Å². The molecule has 1 unspecified atom stereocenters. The van der Waals surface area contributed by atoms with Crippen LogP contribution in [0.3, 0.4) is 0 Å². The Bertz CT molecular complexity index is 1530. The number of aryl methyl sites for hydroxylation is 1. The van der Waals surface area contributed by atoms with Crippen LogP contribution in [-0.4, -0.2) is 54.2 Å². The molecule has 1 aliphatic rings. The Balaban J connectivity index is 1.91. The number of ketones is 1. The van der Waals surface area contributed by atoms with Crippen LogP contribution < -0.4 is 19.1 Å². The van der Waals surface area contributed by atoms with Crippen LogP contribution in [0.15, 0.2) is 60.7 Å². The number of aromatic nitrogens is 1. The van der Waals surface area contributed by atoms with Gasteiger partial charge in [-0.3, -0.25) is 14.5 Å². The van der Waals surface area contributed by atoms with Crippen molar-refractivity contribution >= 4 is 39.9 Å². The smallest absolute Gasteiger partial charge is 0.350 e. The number of ether oxygens (including phenoxy) is 4.